The van der Waals surface area contributed by atoms with Gasteiger partial charge >= 0.3 is 0 Å². The maximum atomic E-state index is 5.90. The Kier molecular flexibility index (Phi) is 7.84. The molecule has 7 N–H and O–H groups in total. The molecule has 0 aliphatic carbocycles. The molecule has 0 amide bonds. The molecule has 0 aromatic heterocycles. The van der Waals surface area contributed by atoms with Gasteiger partial charge in [0, 0.05) is 25.9 Å². The first-order valence-electron chi connectivity index (χ1n) is 9.58. The van der Waals surface area contributed by atoms with Gasteiger partial charge in [0.1, 0.15) is 0 Å². The van der Waals surface area contributed by atoms with Gasteiger partial charge in [-0.25, -0.2) is 4.99 Å². The topological polar surface area (TPSA) is 101 Å². The van der Waals surface area contributed by atoms with Crippen molar-refractivity contribution in [3.8, 4) is 0 Å². The molecule has 2 aromatic rings. The molecule has 0 saturated carbocycles. The molecular weight excluding hydrogens is 364 g/mol. The van der Waals surface area contributed by atoms with Crippen molar-refractivity contribution in [2.75, 3.05) is 24.8 Å². The quantitative estimate of drug-likeness (QED) is 0.171. The lowest BCUT2D eigenvalue weighted by Crippen LogP contribution is -2.73. The van der Waals surface area contributed by atoms with Gasteiger partial charge in [-0.3, -0.25) is 0 Å². The number of nitrogens with one attached hydrogen (secondary N) is 1. The van der Waals surface area contributed by atoms with E-state index in [9.17, 15) is 0 Å². The summed E-state index contributed by atoms with van der Waals surface area (Å²) in [4.78, 5) is 3.32. The van der Waals surface area contributed by atoms with E-state index in [1.807, 2.05) is 24.3 Å². The van der Waals surface area contributed by atoms with Crippen molar-refractivity contribution in [3.63, 3.8) is 0 Å². The second-order valence-corrected chi connectivity index (χ2v) is 13.8. The van der Waals surface area contributed by atoms with Crippen LogP contribution in [0, 0.1) is 0 Å². The normalized spacial score (nSPS) is 12.6. The van der Waals surface area contributed by atoms with E-state index in [-0.39, 0.29) is 0 Å². The number of rotatable bonds is 9. The Morgan fingerprint density at radius 3 is 2.29 bits per heavy atom. The Balaban J connectivity index is 2.01. The third-order valence-corrected chi connectivity index (χ3v) is 6.15. The van der Waals surface area contributed by atoms with Crippen molar-refractivity contribution in [2.24, 2.45) is 5.73 Å². The van der Waals surface area contributed by atoms with Crippen LogP contribution >= 0.6 is 0 Å². The average Bonchev–Trinajstić information content (AvgIpc) is 2.63. The molecule has 0 unspecified atom stereocenters. The Labute approximate surface area is 169 Å². The summed E-state index contributed by atoms with van der Waals surface area (Å²) < 4.78 is 5.74. The van der Waals surface area contributed by atoms with Crippen LogP contribution in [0.25, 0.3) is 0 Å². The highest BCUT2D eigenvalue weighted by Crippen LogP contribution is 2.19. The van der Waals surface area contributed by atoms with E-state index in [1.165, 1.54) is 11.8 Å². The Morgan fingerprint density at radius 1 is 1.00 bits per heavy atom. The van der Waals surface area contributed by atoms with Gasteiger partial charge in [0.15, 0.2) is 0 Å². The molecule has 150 valence electrons. The second-order valence-electron chi connectivity index (χ2n) is 8.15. The van der Waals surface area contributed by atoms with Gasteiger partial charge in [0.05, 0.1) is 18.0 Å². The van der Waals surface area contributed by atoms with E-state index in [4.69, 9.17) is 21.9 Å². The van der Waals surface area contributed by atoms with E-state index < -0.39 is 8.07 Å². The third kappa shape index (κ3) is 7.21. The molecule has 5 nitrogen and oxygen atoms in total. The lowest BCUT2D eigenvalue weighted by atomic mass is 10.0. The SMILES string of the molecule is C[Si](C)(C)CCOC/[NH+]=C(/C=C\N)c1ccc(Cc2ccc(N)c(N)c2)cc1. The maximum absolute atomic E-state index is 5.90. The van der Waals surface area contributed by atoms with E-state index in [1.54, 1.807) is 0 Å². The van der Waals surface area contributed by atoms with Gasteiger partial charge in [-0.2, -0.15) is 0 Å². The molecule has 28 heavy (non-hydrogen) atoms. The Hall–Kier alpha value is -2.57. The fourth-order valence-electron chi connectivity index (χ4n) is 2.70. The van der Waals surface area contributed by atoms with E-state index in [0.717, 1.165) is 35.9 Å². The maximum Gasteiger partial charge on any atom is 0.246 e. The summed E-state index contributed by atoms with van der Waals surface area (Å²) in [5.41, 5.74) is 22.9. The molecule has 6 heteroatoms. The van der Waals surface area contributed by atoms with E-state index >= 15 is 0 Å². The number of hydrogen-bond donors (Lipinski definition) is 4. The van der Waals surface area contributed by atoms with Crippen molar-refractivity contribution in [3.05, 3.63) is 71.4 Å². The first-order valence-corrected chi connectivity index (χ1v) is 13.3. The summed E-state index contributed by atoms with van der Waals surface area (Å²) in [6, 6.07) is 15.3. The van der Waals surface area contributed by atoms with Crippen LogP contribution in [0.2, 0.25) is 25.7 Å². The van der Waals surface area contributed by atoms with Gasteiger partial charge in [-0.1, -0.05) is 37.8 Å². The molecule has 0 atom stereocenters. The Bertz CT molecular complexity index is 823. The monoisotopic (exact) mass is 397 g/mol. The lowest BCUT2D eigenvalue weighted by Gasteiger charge is -2.13. The number of anilines is 2. The average molecular weight is 398 g/mol. The number of allylic oxidation sites excluding steroid dienone is 1. The van der Waals surface area contributed by atoms with Gasteiger partial charge in [-0.15, -0.1) is 0 Å². The number of hydrogen-bond acceptors (Lipinski definition) is 4. The molecule has 0 aliphatic heterocycles. The van der Waals surface area contributed by atoms with Crippen molar-refractivity contribution in [1.82, 2.24) is 0 Å². The zero-order valence-electron chi connectivity index (χ0n) is 17.2. The summed E-state index contributed by atoms with van der Waals surface area (Å²) in [6.45, 7) is 8.29. The van der Waals surface area contributed by atoms with Crippen LogP contribution in [0.5, 0.6) is 0 Å². The summed E-state index contributed by atoms with van der Waals surface area (Å²) in [7, 11) is -1.07. The predicted molar refractivity (Wildman–Crippen MR) is 122 cm³/mol. The smallest absolute Gasteiger partial charge is 0.246 e. The fraction of sp³-hybridized carbons (Fsp3) is 0.318. The summed E-state index contributed by atoms with van der Waals surface area (Å²) in [5.74, 6) is 0. The van der Waals surface area contributed by atoms with Crippen LogP contribution in [-0.2, 0) is 11.2 Å². The number of ether oxygens (including phenoxy) is 1. The number of nitrogens with two attached hydrogens (primary N) is 3. The fourth-order valence-corrected chi connectivity index (χ4v) is 3.46. The first kappa shape index (κ1) is 21.7. The van der Waals surface area contributed by atoms with Crippen LogP contribution in [0.3, 0.4) is 0 Å². The summed E-state index contributed by atoms with van der Waals surface area (Å²) in [5, 5.41) is 0. The number of benzene rings is 2. The minimum absolute atomic E-state index is 0.469. The zero-order valence-corrected chi connectivity index (χ0v) is 18.2. The first-order chi connectivity index (χ1) is 13.3. The summed E-state index contributed by atoms with van der Waals surface area (Å²) in [6.07, 6.45) is 4.20. The summed E-state index contributed by atoms with van der Waals surface area (Å²) >= 11 is 0. The highest BCUT2D eigenvalue weighted by Gasteiger charge is 2.12. The van der Waals surface area contributed by atoms with Crippen molar-refractivity contribution in [2.45, 2.75) is 32.1 Å². The molecule has 0 heterocycles. The molecule has 0 fully saturated rings. The minimum Gasteiger partial charge on any atom is -0.404 e. The lowest BCUT2D eigenvalue weighted by molar-refractivity contribution is -0.506. The molecule has 0 saturated heterocycles. The highest BCUT2D eigenvalue weighted by atomic mass is 28.3. The molecule has 0 radical (unpaired) electrons. The molecule has 2 rings (SSSR count). The molecule has 0 spiro atoms. The van der Waals surface area contributed by atoms with Crippen LogP contribution in [-0.4, -0.2) is 27.1 Å². The van der Waals surface area contributed by atoms with Crippen LogP contribution < -0.4 is 22.2 Å². The number of nitrogen functional groups attached to an aromatic ring is 2. The zero-order chi connectivity index (χ0) is 20.6. The van der Waals surface area contributed by atoms with Crippen molar-refractivity contribution < 1.29 is 9.73 Å². The van der Waals surface area contributed by atoms with Gasteiger partial charge in [0.25, 0.3) is 0 Å². The largest absolute Gasteiger partial charge is 0.404 e. The van der Waals surface area contributed by atoms with E-state index in [0.29, 0.717) is 18.1 Å². The third-order valence-electron chi connectivity index (χ3n) is 4.45. The van der Waals surface area contributed by atoms with Crippen molar-refractivity contribution >= 4 is 25.2 Å². The van der Waals surface area contributed by atoms with Crippen LogP contribution in [0.4, 0.5) is 11.4 Å². The van der Waals surface area contributed by atoms with E-state index in [2.05, 4.69) is 48.9 Å². The van der Waals surface area contributed by atoms with Gasteiger partial charge in [0.2, 0.25) is 12.4 Å². The standard InChI is InChI=1S/C22H32N4OSi/c1-28(2,3)13-12-27-16-26-22(10-11-23)19-7-4-17(5-8-19)14-18-6-9-20(24)21(25)15-18/h4-11,15H,12-14,16,23-25H2,1-3H3/p+1/b11-10-,26-22-. The van der Waals surface area contributed by atoms with Crippen LogP contribution in [0.1, 0.15) is 16.7 Å². The molecule has 0 aliphatic rings. The van der Waals surface area contributed by atoms with Gasteiger partial charge < -0.3 is 21.9 Å². The second kappa shape index (κ2) is 10.1. The van der Waals surface area contributed by atoms with Gasteiger partial charge in [-0.05, 0) is 47.9 Å². The predicted octanol–water partition coefficient (Wildman–Crippen LogP) is 2.10. The highest BCUT2D eigenvalue weighted by molar-refractivity contribution is 6.76. The molecule has 2 aromatic carbocycles. The van der Waals surface area contributed by atoms with Crippen molar-refractivity contribution in [1.29, 1.82) is 0 Å². The molecule has 0 bridgehead atoms. The molecular formula is C22H33N4OSi+. The van der Waals surface area contributed by atoms with Crippen LogP contribution in [0.15, 0.2) is 54.7 Å². The minimum atomic E-state index is -1.07. The Morgan fingerprint density at radius 2 is 1.68 bits per heavy atom.